The summed E-state index contributed by atoms with van der Waals surface area (Å²) in [4.78, 5) is 34.0. The number of aromatic nitrogens is 3. The minimum Gasteiger partial charge on any atom is -0.465 e. The summed E-state index contributed by atoms with van der Waals surface area (Å²) in [7, 11) is 0. The lowest BCUT2D eigenvalue weighted by Crippen LogP contribution is -2.16. The number of pyridine rings is 1. The van der Waals surface area contributed by atoms with E-state index in [1.165, 1.54) is 6.20 Å². The molecule has 2 aromatic rings. The van der Waals surface area contributed by atoms with Crippen LogP contribution in [0.1, 0.15) is 12.5 Å². The van der Waals surface area contributed by atoms with Crippen LogP contribution in [-0.4, -0.2) is 33.3 Å². The highest BCUT2D eigenvalue weighted by Gasteiger charge is 2.14. The van der Waals surface area contributed by atoms with Crippen molar-refractivity contribution in [3.8, 4) is 17.3 Å². The first-order valence-corrected chi connectivity index (χ1v) is 7.37. The standard InChI is InChI=1S/C14H12N4O3S/c1-2-21-11(19)8-22-14-17-12(9-4-3-5-16-7-9)10(6-15)13(20)18-14/h3-5,7H,2,8H2,1H3,(H,17,18,20). The van der Waals surface area contributed by atoms with Crippen molar-refractivity contribution >= 4 is 17.7 Å². The van der Waals surface area contributed by atoms with Crippen LogP contribution in [0, 0.1) is 11.3 Å². The predicted octanol–water partition coefficient (Wildman–Crippen LogP) is 1.36. The van der Waals surface area contributed by atoms with Crippen molar-refractivity contribution in [3.05, 3.63) is 40.4 Å². The van der Waals surface area contributed by atoms with Crippen LogP contribution in [0.25, 0.3) is 11.3 Å². The SMILES string of the molecule is CCOC(=O)CSc1nc(-c2cccnc2)c(C#N)c(=O)[nH]1. The van der Waals surface area contributed by atoms with Gasteiger partial charge in [-0.2, -0.15) is 5.26 Å². The van der Waals surface area contributed by atoms with Gasteiger partial charge in [0.05, 0.1) is 18.1 Å². The molecule has 0 bridgehead atoms. The first-order chi connectivity index (χ1) is 10.7. The molecule has 0 saturated carbocycles. The van der Waals surface area contributed by atoms with E-state index in [9.17, 15) is 9.59 Å². The fourth-order valence-corrected chi connectivity index (χ4v) is 2.32. The van der Waals surface area contributed by atoms with Gasteiger partial charge in [0.1, 0.15) is 11.6 Å². The van der Waals surface area contributed by atoms with E-state index in [0.717, 1.165) is 11.8 Å². The van der Waals surface area contributed by atoms with Gasteiger partial charge in [-0.05, 0) is 19.1 Å². The normalized spacial score (nSPS) is 10.0. The van der Waals surface area contributed by atoms with Crippen LogP contribution in [0.5, 0.6) is 0 Å². The number of hydrogen-bond donors (Lipinski definition) is 1. The lowest BCUT2D eigenvalue weighted by molar-refractivity contribution is -0.139. The second kappa shape index (κ2) is 7.38. The fraction of sp³-hybridized carbons (Fsp3) is 0.214. The highest BCUT2D eigenvalue weighted by Crippen LogP contribution is 2.21. The van der Waals surface area contributed by atoms with Gasteiger partial charge in [-0.15, -0.1) is 0 Å². The molecule has 0 atom stereocenters. The smallest absolute Gasteiger partial charge is 0.316 e. The van der Waals surface area contributed by atoms with Gasteiger partial charge >= 0.3 is 5.97 Å². The van der Waals surface area contributed by atoms with Gasteiger partial charge in [-0.25, -0.2) is 4.98 Å². The Morgan fingerprint density at radius 2 is 2.36 bits per heavy atom. The Hall–Kier alpha value is -2.66. The number of nitrogens with one attached hydrogen (secondary N) is 1. The van der Waals surface area contributed by atoms with Crippen LogP contribution in [0.2, 0.25) is 0 Å². The summed E-state index contributed by atoms with van der Waals surface area (Å²) < 4.78 is 4.81. The maximum absolute atomic E-state index is 12.0. The molecule has 7 nitrogen and oxygen atoms in total. The third-order valence-electron chi connectivity index (χ3n) is 2.58. The maximum Gasteiger partial charge on any atom is 0.316 e. The van der Waals surface area contributed by atoms with E-state index in [1.807, 2.05) is 6.07 Å². The van der Waals surface area contributed by atoms with Crippen molar-refractivity contribution in [3.63, 3.8) is 0 Å². The molecule has 0 unspecified atom stereocenters. The van der Waals surface area contributed by atoms with Crippen molar-refractivity contribution in [2.45, 2.75) is 12.1 Å². The van der Waals surface area contributed by atoms with Gasteiger partial charge in [0.25, 0.3) is 5.56 Å². The molecule has 0 amide bonds. The molecule has 0 aliphatic heterocycles. The lowest BCUT2D eigenvalue weighted by atomic mass is 10.1. The molecule has 0 aliphatic rings. The highest BCUT2D eigenvalue weighted by atomic mass is 32.2. The molecular weight excluding hydrogens is 304 g/mol. The highest BCUT2D eigenvalue weighted by molar-refractivity contribution is 7.99. The van der Waals surface area contributed by atoms with Crippen molar-refractivity contribution in [2.24, 2.45) is 0 Å². The number of hydrogen-bond acceptors (Lipinski definition) is 7. The minimum absolute atomic E-state index is 0.0230. The molecule has 22 heavy (non-hydrogen) atoms. The molecule has 2 rings (SSSR count). The van der Waals surface area contributed by atoms with Crippen LogP contribution in [0.15, 0.2) is 34.5 Å². The molecular formula is C14H12N4O3S. The second-order valence-electron chi connectivity index (χ2n) is 4.04. The quantitative estimate of drug-likeness (QED) is 0.504. The number of carbonyl (C=O) groups excluding carboxylic acids is 1. The molecule has 0 aromatic carbocycles. The molecule has 0 aliphatic carbocycles. The monoisotopic (exact) mass is 316 g/mol. The molecule has 1 N–H and O–H groups in total. The molecule has 0 spiro atoms. The Morgan fingerprint density at radius 1 is 1.55 bits per heavy atom. The first-order valence-electron chi connectivity index (χ1n) is 6.39. The third-order valence-corrected chi connectivity index (χ3v) is 3.42. The van der Waals surface area contributed by atoms with Crippen molar-refractivity contribution < 1.29 is 9.53 Å². The predicted molar refractivity (Wildman–Crippen MR) is 80.2 cm³/mol. The van der Waals surface area contributed by atoms with E-state index >= 15 is 0 Å². The number of esters is 1. The number of aromatic amines is 1. The Bertz CT molecular complexity index is 768. The topological polar surface area (TPSA) is 109 Å². The van der Waals surface area contributed by atoms with Crippen LogP contribution in [0.3, 0.4) is 0 Å². The van der Waals surface area contributed by atoms with Crippen molar-refractivity contribution in [1.29, 1.82) is 5.26 Å². The Balaban J connectivity index is 2.35. The van der Waals surface area contributed by atoms with E-state index in [-0.39, 0.29) is 28.8 Å². The third kappa shape index (κ3) is 3.71. The molecule has 2 heterocycles. The van der Waals surface area contributed by atoms with Crippen molar-refractivity contribution in [2.75, 3.05) is 12.4 Å². The van der Waals surface area contributed by atoms with E-state index < -0.39 is 11.5 Å². The number of thioether (sulfide) groups is 1. The number of carbonyl (C=O) groups is 1. The van der Waals surface area contributed by atoms with E-state index in [0.29, 0.717) is 5.56 Å². The summed E-state index contributed by atoms with van der Waals surface area (Å²) in [6.45, 7) is 2.00. The summed E-state index contributed by atoms with van der Waals surface area (Å²) in [6, 6.07) is 5.23. The molecule has 0 saturated heterocycles. The van der Waals surface area contributed by atoms with Gasteiger partial charge in [0.15, 0.2) is 5.16 Å². The summed E-state index contributed by atoms with van der Waals surface area (Å²) in [5, 5.41) is 9.37. The van der Waals surface area contributed by atoms with E-state index in [2.05, 4.69) is 15.0 Å². The zero-order chi connectivity index (χ0) is 15.9. The van der Waals surface area contributed by atoms with Gasteiger partial charge < -0.3 is 9.72 Å². The van der Waals surface area contributed by atoms with Crippen LogP contribution < -0.4 is 5.56 Å². The van der Waals surface area contributed by atoms with Crippen LogP contribution in [0.4, 0.5) is 0 Å². The number of ether oxygens (including phenoxy) is 1. The molecule has 0 radical (unpaired) electrons. The van der Waals surface area contributed by atoms with Crippen LogP contribution >= 0.6 is 11.8 Å². The molecule has 2 aromatic heterocycles. The minimum atomic E-state index is -0.553. The first kappa shape index (κ1) is 15.7. The van der Waals surface area contributed by atoms with Crippen molar-refractivity contribution in [1.82, 2.24) is 15.0 Å². The lowest BCUT2D eigenvalue weighted by Gasteiger charge is -2.06. The van der Waals surface area contributed by atoms with Gasteiger partial charge in [-0.1, -0.05) is 11.8 Å². The number of H-pyrrole nitrogens is 1. The molecule has 8 heteroatoms. The summed E-state index contributed by atoms with van der Waals surface area (Å²) >= 11 is 1.04. The van der Waals surface area contributed by atoms with E-state index in [1.54, 1.807) is 25.3 Å². The summed E-state index contributed by atoms with van der Waals surface area (Å²) in [5.74, 6) is -0.378. The number of rotatable bonds is 5. The zero-order valence-electron chi connectivity index (χ0n) is 11.7. The number of nitrogens with zero attached hydrogens (tertiary/aromatic N) is 3. The average Bonchev–Trinajstić information content (AvgIpc) is 2.53. The number of nitriles is 1. The Morgan fingerprint density at radius 3 is 3.00 bits per heavy atom. The Labute approximate surface area is 130 Å². The van der Waals surface area contributed by atoms with E-state index in [4.69, 9.17) is 10.00 Å². The average molecular weight is 316 g/mol. The summed E-state index contributed by atoms with van der Waals surface area (Å²) in [6.07, 6.45) is 3.10. The Kier molecular flexibility index (Phi) is 5.27. The fourth-order valence-electron chi connectivity index (χ4n) is 1.67. The molecule has 112 valence electrons. The second-order valence-corrected chi connectivity index (χ2v) is 5.01. The maximum atomic E-state index is 12.0. The largest absolute Gasteiger partial charge is 0.465 e. The van der Waals surface area contributed by atoms with Crippen LogP contribution in [-0.2, 0) is 9.53 Å². The van der Waals surface area contributed by atoms with Gasteiger partial charge in [0.2, 0.25) is 0 Å². The van der Waals surface area contributed by atoms with Gasteiger partial charge in [0, 0.05) is 18.0 Å². The zero-order valence-corrected chi connectivity index (χ0v) is 12.5. The molecule has 0 fully saturated rings. The van der Waals surface area contributed by atoms with Gasteiger partial charge in [-0.3, -0.25) is 14.6 Å². The summed E-state index contributed by atoms with van der Waals surface area (Å²) in [5.41, 5.74) is 0.157.